The van der Waals surface area contributed by atoms with E-state index in [0.717, 1.165) is 42.9 Å². The van der Waals surface area contributed by atoms with Gasteiger partial charge in [0.05, 0.1) is 30.0 Å². The first-order valence-corrected chi connectivity index (χ1v) is 10.9. The SMILES string of the molecule is Cc1cnc(NCC2CC[C@H](Nc3ccc(-n4cc(-c5c[nH]nn5)ccc4=O)cn3)C2)nn1. The molecule has 11 nitrogen and oxygen atoms in total. The number of hydrogen-bond donors (Lipinski definition) is 3. The Morgan fingerprint density at radius 2 is 2.03 bits per heavy atom. The van der Waals surface area contributed by atoms with E-state index in [9.17, 15) is 4.79 Å². The fourth-order valence-electron chi connectivity index (χ4n) is 4.05. The second-order valence-electron chi connectivity index (χ2n) is 8.21. The lowest BCUT2D eigenvalue weighted by Gasteiger charge is -2.15. The highest BCUT2D eigenvalue weighted by molar-refractivity contribution is 5.57. The molecule has 0 saturated heterocycles. The summed E-state index contributed by atoms with van der Waals surface area (Å²) in [5.41, 5.74) is 2.82. The molecule has 0 amide bonds. The average molecular weight is 445 g/mol. The molecule has 4 aromatic heterocycles. The number of aromatic nitrogens is 8. The van der Waals surface area contributed by atoms with Crippen LogP contribution in [0, 0.1) is 12.8 Å². The second kappa shape index (κ2) is 9.15. The number of anilines is 2. The molecule has 33 heavy (non-hydrogen) atoms. The number of H-pyrrole nitrogens is 1. The molecular weight excluding hydrogens is 420 g/mol. The van der Waals surface area contributed by atoms with Gasteiger partial charge in [-0.1, -0.05) is 5.21 Å². The minimum atomic E-state index is -0.136. The average Bonchev–Trinajstić information content (AvgIpc) is 3.52. The van der Waals surface area contributed by atoms with Gasteiger partial charge in [0.15, 0.2) is 0 Å². The van der Waals surface area contributed by atoms with Crippen molar-refractivity contribution in [1.82, 2.24) is 40.1 Å². The maximum absolute atomic E-state index is 12.4. The standard InChI is InChI=1S/C22H24N10O/c1-14-9-24-22(30-28-14)25-10-15-2-4-17(8-15)27-20-6-5-18(11-23-20)32-13-16(3-7-21(32)33)19-12-26-31-29-19/h3,5-7,9,11-13,15,17H,2,4,8,10H2,1H3,(H,23,27)(H,24,25,30)(H,26,29,31)/t15?,17-/m0/s1. The highest BCUT2D eigenvalue weighted by atomic mass is 16.1. The Balaban J connectivity index is 1.19. The van der Waals surface area contributed by atoms with Gasteiger partial charge in [-0.25, -0.2) is 9.97 Å². The van der Waals surface area contributed by atoms with E-state index in [1.54, 1.807) is 35.4 Å². The van der Waals surface area contributed by atoms with E-state index in [0.29, 0.717) is 29.3 Å². The molecule has 1 unspecified atom stereocenters. The molecule has 4 aromatic rings. The minimum absolute atomic E-state index is 0.136. The van der Waals surface area contributed by atoms with E-state index in [1.165, 1.54) is 6.07 Å². The molecule has 2 atom stereocenters. The van der Waals surface area contributed by atoms with Crippen LogP contribution < -0.4 is 16.2 Å². The largest absolute Gasteiger partial charge is 0.367 e. The maximum Gasteiger partial charge on any atom is 0.255 e. The van der Waals surface area contributed by atoms with Crippen LogP contribution in [0.15, 0.2) is 53.8 Å². The van der Waals surface area contributed by atoms with Crippen molar-refractivity contribution in [2.24, 2.45) is 5.92 Å². The number of nitrogens with one attached hydrogen (secondary N) is 3. The van der Waals surface area contributed by atoms with Crippen LogP contribution in [0.3, 0.4) is 0 Å². The van der Waals surface area contributed by atoms with Crippen molar-refractivity contribution < 1.29 is 0 Å². The lowest BCUT2D eigenvalue weighted by molar-refractivity contribution is 0.569. The molecule has 0 aliphatic heterocycles. The van der Waals surface area contributed by atoms with E-state index in [2.05, 4.69) is 46.2 Å². The Morgan fingerprint density at radius 1 is 1.09 bits per heavy atom. The lowest BCUT2D eigenvalue weighted by Crippen LogP contribution is -2.20. The molecule has 4 heterocycles. The number of rotatable bonds is 7. The van der Waals surface area contributed by atoms with Gasteiger partial charge in [-0.05, 0) is 50.3 Å². The van der Waals surface area contributed by atoms with Crippen LogP contribution in [0.5, 0.6) is 0 Å². The van der Waals surface area contributed by atoms with Gasteiger partial charge in [0.25, 0.3) is 5.56 Å². The Bertz CT molecular complexity index is 1250. The quantitative estimate of drug-likeness (QED) is 0.391. The first-order valence-electron chi connectivity index (χ1n) is 10.9. The zero-order chi connectivity index (χ0) is 22.6. The van der Waals surface area contributed by atoms with Gasteiger partial charge < -0.3 is 10.6 Å². The molecule has 0 spiro atoms. The van der Waals surface area contributed by atoms with E-state index in [4.69, 9.17) is 0 Å². The zero-order valence-corrected chi connectivity index (χ0v) is 18.1. The Hall–Kier alpha value is -4.15. The van der Waals surface area contributed by atoms with Gasteiger partial charge in [0, 0.05) is 30.4 Å². The smallest absolute Gasteiger partial charge is 0.255 e. The zero-order valence-electron chi connectivity index (χ0n) is 18.1. The summed E-state index contributed by atoms with van der Waals surface area (Å²) in [4.78, 5) is 21.2. The summed E-state index contributed by atoms with van der Waals surface area (Å²) in [5, 5.41) is 25.3. The lowest BCUT2D eigenvalue weighted by atomic mass is 10.1. The summed E-state index contributed by atoms with van der Waals surface area (Å²) < 4.78 is 1.56. The summed E-state index contributed by atoms with van der Waals surface area (Å²) in [7, 11) is 0. The molecule has 0 aromatic carbocycles. The Labute approximate surface area is 189 Å². The highest BCUT2D eigenvalue weighted by Gasteiger charge is 2.25. The van der Waals surface area contributed by atoms with Crippen LogP contribution in [-0.4, -0.2) is 52.7 Å². The third-order valence-electron chi connectivity index (χ3n) is 5.77. The maximum atomic E-state index is 12.4. The first kappa shape index (κ1) is 20.7. The number of aryl methyl sites for hydroxylation is 1. The molecule has 11 heteroatoms. The second-order valence-corrected chi connectivity index (χ2v) is 8.21. The third kappa shape index (κ3) is 4.86. The number of hydrogen-bond acceptors (Lipinski definition) is 9. The number of pyridine rings is 2. The van der Waals surface area contributed by atoms with Crippen LogP contribution in [0.25, 0.3) is 16.9 Å². The molecule has 1 aliphatic carbocycles. The molecule has 3 N–H and O–H groups in total. The molecule has 1 saturated carbocycles. The van der Waals surface area contributed by atoms with Gasteiger partial charge in [-0.15, -0.1) is 10.2 Å². The fraction of sp³-hybridized carbons (Fsp3) is 0.318. The fourth-order valence-corrected chi connectivity index (χ4v) is 4.05. The topological polar surface area (TPSA) is 139 Å². The molecule has 5 rings (SSSR count). The van der Waals surface area contributed by atoms with Gasteiger partial charge in [0.2, 0.25) is 5.95 Å². The highest BCUT2D eigenvalue weighted by Crippen LogP contribution is 2.28. The van der Waals surface area contributed by atoms with Crippen LogP contribution in [0.4, 0.5) is 11.8 Å². The predicted molar refractivity (Wildman–Crippen MR) is 123 cm³/mol. The van der Waals surface area contributed by atoms with Crippen molar-refractivity contribution >= 4 is 11.8 Å². The molecular formula is C22H24N10O. The summed E-state index contributed by atoms with van der Waals surface area (Å²) in [6, 6.07) is 7.39. The number of nitrogens with zero attached hydrogens (tertiary/aromatic N) is 7. The van der Waals surface area contributed by atoms with Crippen molar-refractivity contribution in [2.75, 3.05) is 17.2 Å². The van der Waals surface area contributed by atoms with Crippen molar-refractivity contribution in [3.8, 4) is 16.9 Å². The molecule has 1 fully saturated rings. The number of aromatic amines is 1. The summed E-state index contributed by atoms with van der Waals surface area (Å²) in [6.45, 7) is 2.69. The molecule has 0 radical (unpaired) electrons. The van der Waals surface area contributed by atoms with Gasteiger partial charge in [0.1, 0.15) is 11.5 Å². The van der Waals surface area contributed by atoms with E-state index in [1.807, 2.05) is 19.1 Å². The van der Waals surface area contributed by atoms with Gasteiger partial charge >= 0.3 is 0 Å². The van der Waals surface area contributed by atoms with Crippen LogP contribution in [0.2, 0.25) is 0 Å². The van der Waals surface area contributed by atoms with Crippen LogP contribution in [-0.2, 0) is 0 Å². The van der Waals surface area contributed by atoms with E-state index < -0.39 is 0 Å². The Morgan fingerprint density at radius 3 is 2.79 bits per heavy atom. The third-order valence-corrected chi connectivity index (χ3v) is 5.77. The van der Waals surface area contributed by atoms with Crippen molar-refractivity contribution in [1.29, 1.82) is 0 Å². The normalized spacial score (nSPS) is 17.7. The van der Waals surface area contributed by atoms with Crippen molar-refractivity contribution in [3.63, 3.8) is 0 Å². The van der Waals surface area contributed by atoms with E-state index in [-0.39, 0.29) is 5.56 Å². The minimum Gasteiger partial charge on any atom is -0.367 e. The molecule has 0 bridgehead atoms. The van der Waals surface area contributed by atoms with Crippen LogP contribution in [0.1, 0.15) is 25.0 Å². The van der Waals surface area contributed by atoms with E-state index >= 15 is 0 Å². The van der Waals surface area contributed by atoms with Crippen molar-refractivity contribution in [2.45, 2.75) is 32.2 Å². The molecule has 1 aliphatic rings. The monoisotopic (exact) mass is 444 g/mol. The van der Waals surface area contributed by atoms with Gasteiger partial charge in [-0.2, -0.15) is 5.10 Å². The summed E-state index contributed by atoms with van der Waals surface area (Å²) in [5.74, 6) is 1.89. The van der Waals surface area contributed by atoms with Crippen molar-refractivity contribution in [3.05, 3.63) is 65.1 Å². The predicted octanol–water partition coefficient (Wildman–Crippen LogP) is 2.20. The summed E-state index contributed by atoms with van der Waals surface area (Å²) in [6.07, 6.45) is 10.1. The van der Waals surface area contributed by atoms with Gasteiger partial charge in [-0.3, -0.25) is 14.5 Å². The molecule has 168 valence electrons. The van der Waals surface area contributed by atoms with Crippen LogP contribution >= 0.6 is 0 Å². The summed E-state index contributed by atoms with van der Waals surface area (Å²) >= 11 is 0. The first-order chi connectivity index (χ1) is 16.1. The Kier molecular flexibility index (Phi) is 5.75.